The Morgan fingerprint density at radius 2 is 2.00 bits per heavy atom. The average molecular weight is 284 g/mol. The highest BCUT2D eigenvalue weighted by molar-refractivity contribution is 7.90. The summed E-state index contributed by atoms with van der Waals surface area (Å²) in [6.45, 7) is 0. The van der Waals surface area contributed by atoms with Gasteiger partial charge in [-0.3, -0.25) is 4.79 Å². The minimum absolute atomic E-state index is 0.0272. The van der Waals surface area contributed by atoms with Crippen molar-refractivity contribution < 1.29 is 23.4 Å². The molecule has 2 rings (SSSR count). The summed E-state index contributed by atoms with van der Waals surface area (Å²) in [6.07, 6.45) is 1.21. The summed E-state index contributed by atoms with van der Waals surface area (Å²) in [7, 11) is -3.37. The molecule has 2 N–H and O–H groups in total. The Hall–Kier alpha value is -1.56. The maximum absolute atomic E-state index is 12.1. The summed E-state index contributed by atoms with van der Waals surface area (Å²) in [4.78, 5) is 10.7. The third kappa shape index (κ3) is 3.96. The Balaban J connectivity index is 2.05. The van der Waals surface area contributed by atoms with Crippen LogP contribution >= 0.6 is 0 Å². The second kappa shape index (κ2) is 4.85. The molecule has 104 valence electrons. The van der Waals surface area contributed by atoms with E-state index >= 15 is 0 Å². The molecule has 1 aliphatic carbocycles. The molecular formula is C13H16O5S. The van der Waals surface area contributed by atoms with E-state index in [1.54, 1.807) is 12.1 Å². The number of hydrogen-bond acceptors (Lipinski definition) is 4. The Bertz CT molecular complexity index is 587. The van der Waals surface area contributed by atoms with Crippen molar-refractivity contribution in [3.05, 3.63) is 29.8 Å². The van der Waals surface area contributed by atoms with Crippen molar-refractivity contribution >= 4 is 15.8 Å². The summed E-state index contributed by atoms with van der Waals surface area (Å²) in [5, 5.41) is 18.1. The van der Waals surface area contributed by atoms with E-state index in [9.17, 15) is 18.3 Å². The first-order chi connectivity index (χ1) is 8.80. The molecule has 0 spiro atoms. The number of carbonyl (C=O) groups is 1. The number of carboxylic acid groups (broad SMARTS) is 1. The van der Waals surface area contributed by atoms with Gasteiger partial charge in [0.15, 0.2) is 9.84 Å². The number of rotatable bonds is 6. The van der Waals surface area contributed by atoms with E-state index < -0.39 is 21.2 Å². The molecule has 0 unspecified atom stereocenters. The Labute approximate surface area is 111 Å². The van der Waals surface area contributed by atoms with Gasteiger partial charge in [-0.15, -0.1) is 0 Å². The summed E-state index contributed by atoms with van der Waals surface area (Å²) < 4.78 is 24.1. The second-order valence-corrected chi connectivity index (χ2v) is 7.34. The van der Waals surface area contributed by atoms with Crippen molar-refractivity contribution in [2.24, 2.45) is 5.41 Å². The highest BCUT2D eigenvalue weighted by atomic mass is 32.2. The monoisotopic (exact) mass is 284 g/mol. The van der Waals surface area contributed by atoms with Crippen molar-refractivity contribution in [2.75, 3.05) is 5.75 Å². The molecule has 0 atom stereocenters. The van der Waals surface area contributed by atoms with E-state index in [4.69, 9.17) is 5.11 Å². The predicted molar refractivity (Wildman–Crippen MR) is 69.5 cm³/mol. The van der Waals surface area contributed by atoms with Gasteiger partial charge in [-0.25, -0.2) is 8.42 Å². The zero-order valence-electron chi connectivity index (χ0n) is 10.4. The second-order valence-electron chi connectivity index (χ2n) is 5.27. The molecule has 0 aromatic heterocycles. The van der Waals surface area contributed by atoms with Crippen LogP contribution < -0.4 is 0 Å². The van der Waals surface area contributed by atoms with Gasteiger partial charge in [0.2, 0.25) is 0 Å². The largest absolute Gasteiger partial charge is 0.508 e. The molecule has 6 heteroatoms. The molecule has 0 radical (unpaired) electrons. The lowest BCUT2D eigenvalue weighted by molar-refractivity contribution is -0.138. The Kier molecular flexibility index (Phi) is 3.54. The van der Waals surface area contributed by atoms with Gasteiger partial charge < -0.3 is 10.2 Å². The normalized spacial score (nSPS) is 17.1. The molecule has 1 fully saturated rings. The van der Waals surface area contributed by atoms with Crippen LogP contribution in [0.2, 0.25) is 0 Å². The molecule has 1 saturated carbocycles. The zero-order valence-corrected chi connectivity index (χ0v) is 11.2. The zero-order chi connectivity index (χ0) is 14.1. The van der Waals surface area contributed by atoms with Gasteiger partial charge in [0.05, 0.1) is 17.9 Å². The van der Waals surface area contributed by atoms with Crippen LogP contribution in [0.4, 0.5) is 0 Å². The SMILES string of the molecule is O=C(O)CC1(CS(=O)(=O)Cc2cccc(O)c2)CC1. The predicted octanol–water partition coefficient (Wildman–Crippen LogP) is 1.56. The minimum atomic E-state index is -3.37. The van der Waals surface area contributed by atoms with Gasteiger partial charge in [0.25, 0.3) is 0 Å². The molecule has 1 aromatic carbocycles. The third-order valence-corrected chi connectivity index (χ3v) is 5.13. The van der Waals surface area contributed by atoms with Gasteiger partial charge in [0, 0.05) is 0 Å². The lowest BCUT2D eigenvalue weighted by Crippen LogP contribution is -2.21. The first-order valence-electron chi connectivity index (χ1n) is 6.00. The summed E-state index contributed by atoms with van der Waals surface area (Å²) in [6, 6.07) is 6.11. The molecule has 19 heavy (non-hydrogen) atoms. The summed E-state index contributed by atoms with van der Waals surface area (Å²) in [5.41, 5.74) is -0.0484. The van der Waals surface area contributed by atoms with E-state index in [0.717, 1.165) is 0 Å². The number of benzene rings is 1. The number of aromatic hydroxyl groups is 1. The molecule has 0 saturated heterocycles. The molecule has 5 nitrogen and oxygen atoms in total. The lowest BCUT2D eigenvalue weighted by atomic mass is 10.1. The quantitative estimate of drug-likeness (QED) is 0.827. The minimum Gasteiger partial charge on any atom is -0.508 e. The standard InChI is InChI=1S/C13H16O5S/c14-11-3-1-2-10(6-11)8-19(17,18)9-13(4-5-13)7-12(15)16/h1-3,6,14H,4-5,7-9H2,(H,15,16). The average Bonchev–Trinajstić information content (AvgIpc) is 2.93. The van der Waals surface area contributed by atoms with E-state index in [1.807, 2.05) is 0 Å². The number of phenolic OH excluding ortho intramolecular Hbond substituents is 1. The van der Waals surface area contributed by atoms with Crippen LogP contribution in [-0.4, -0.2) is 30.4 Å². The fourth-order valence-corrected chi connectivity index (χ4v) is 4.40. The molecule has 1 aliphatic rings. The van der Waals surface area contributed by atoms with Crippen molar-refractivity contribution in [3.8, 4) is 5.75 Å². The van der Waals surface area contributed by atoms with E-state index in [2.05, 4.69) is 0 Å². The van der Waals surface area contributed by atoms with Crippen LogP contribution in [0.25, 0.3) is 0 Å². The van der Waals surface area contributed by atoms with Gasteiger partial charge in [0.1, 0.15) is 5.75 Å². The number of sulfone groups is 1. The fraction of sp³-hybridized carbons (Fsp3) is 0.462. The molecule has 0 amide bonds. The van der Waals surface area contributed by atoms with Crippen molar-refractivity contribution in [1.82, 2.24) is 0 Å². The molecule has 0 bridgehead atoms. The van der Waals surface area contributed by atoms with Crippen LogP contribution in [0.5, 0.6) is 5.75 Å². The van der Waals surface area contributed by atoms with E-state index in [0.29, 0.717) is 18.4 Å². The third-order valence-electron chi connectivity index (χ3n) is 3.31. The van der Waals surface area contributed by atoms with Crippen LogP contribution in [0.1, 0.15) is 24.8 Å². The first kappa shape index (κ1) is 13.9. The fourth-order valence-electron chi connectivity index (χ4n) is 2.29. The van der Waals surface area contributed by atoms with E-state index in [1.165, 1.54) is 12.1 Å². The van der Waals surface area contributed by atoms with Crippen LogP contribution in [0.3, 0.4) is 0 Å². The summed E-state index contributed by atoms with van der Waals surface area (Å²) in [5.74, 6) is -1.19. The van der Waals surface area contributed by atoms with Crippen LogP contribution in [-0.2, 0) is 20.4 Å². The number of carboxylic acids is 1. The smallest absolute Gasteiger partial charge is 0.303 e. The Morgan fingerprint density at radius 3 is 2.53 bits per heavy atom. The summed E-state index contributed by atoms with van der Waals surface area (Å²) >= 11 is 0. The highest BCUT2D eigenvalue weighted by Crippen LogP contribution is 2.50. The van der Waals surface area contributed by atoms with Gasteiger partial charge in [-0.2, -0.15) is 0 Å². The van der Waals surface area contributed by atoms with Crippen molar-refractivity contribution in [1.29, 1.82) is 0 Å². The van der Waals surface area contributed by atoms with Gasteiger partial charge in [-0.05, 0) is 36.0 Å². The molecular weight excluding hydrogens is 268 g/mol. The first-order valence-corrected chi connectivity index (χ1v) is 7.83. The maximum atomic E-state index is 12.1. The highest BCUT2D eigenvalue weighted by Gasteiger charge is 2.47. The van der Waals surface area contributed by atoms with Crippen molar-refractivity contribution in [3.63, 3.8) is 0 Å². The van der Waals surface area contributed by atoms with Gasteiger partial charge >= 0.3 is 5.97 Å². The molecule has 1 aromatic rings. The molecule has 0 aliphatic heterocycles. The van der Waals surface area contributed by atoms with Crippen LogP contribution in [0, 0.1) is 5.41 Å². The Morgan fingerprint density at radius 1 is 1.32 bits per heavy atom. The topological polar surface area (TPSA) is 91.7 Å². The number of phenols is 1. The lowest BCUT2D eigenvalue weighted by Gasteiger charge is -2.13. The maximum Gasteiger partial charge on any atom is 0.303 e. The molecule has 0 heterocycles. The van der Waals surface area contributed by atoms with Gasteiger partial charge in [-0.1, -0.05) is 12.1 Å². The van der Waals surface area contributed by atoms with Crippen LogP contribution in [0.15, 0.2) is 24.3 Å². The van der Waals surface area contributed by atoms with E-state index in [-0.39, 0.29) is 23.7 Å². The van der Waals surface area contributed by atoms with Crippen molar-refractivity contribution in [2.45, 2.75) is 25.0 Å². The number of aliphatic carboxylic acids is 1. The number of hydrogen-bond donors (Lipinski definition) is 2.